The maximum Gasteiger partial charge on any atom is 0.346 e. The Balaban J connectivity index is 3.77. The molecule has 0 N–H and O–H groups in total. The van der Waals surface area contributed by atoms with Crippen LogP contribution in [0.1, 0.15) is 72.1 Å². The highest BCUT2D eigenvalue weighted by atomic mass is 16.6. The Morgan fingerprint density at radius 1 is 1.11 bits per heavy atom. The van der Waals surface area contributed by atoms with Gasteiger partial charge in [-0.3, -0.25) is 0 Å². The highest BCUT2D eigenvalue weighted by Gasteiger charge is 2.16. The van der Waals surface area contributed by atoms with Crippen LogP contribution in [0.5, 0.6) is 0 Å². The third-order valence-electron chi connectivity index (χ3n) is 3.19. The van der Waals surface area contributed by atoms with Crippen molar-refractivity contribution in [2.75, 3.05) is 7.11 Å². The lowest BCUT2D eigenvalue weighted by atomic mass is 10.1. The van der Waals surface area contributed by atoms with E-state index in [9.17, 15) is 4.79 Å². The van der Waals surface area contributed by atoms with E-state index in [4.69, 9.17) is 4.74 Å². The summed E-state index contributed by atoms with van der Waals surface area (Å²) in [4.78, 5) is 11.3. The number of ether oxygens (including phenoxy) is 2. The van der Waals surface area contributed by atoms with Crippen molar-refractivity contribution >= 4 is 5.97 Å². The molecule has 0 aliphatic heterocycles. The minimum absolute atomic E-state index is 0.300. The Kier molecular flexibility index (Phi) is 11.4. The van der Waals surface area contributed by atoms with E-state index in [0.717, 1.165) is 6.42 Å². The zero-order valence-electron chi connectivity index (χ0n) is 13.0. The third kappa shape index (κ3) is 9.57. The molecular weight excluding hydrogens is 240 g/mol. The largest absolute Gasteiger partial charge is 0.486 e. The predicted octanol–water partition coefficient (Wildman–Crippen LogP) is 4.61. The van der Waals surface area contributed by atoms with Crippen LogP contribution in [0.25, 0.3) is 0 Å². The first-order chi connectivity index (χ1) is 9.15. The van der Waals surface area contributed by atoms with Gasteiger partial charge in [-0.15, -0.1) is 0 Å². The van der Waals surface area contributed by atoms with Crippen molar-refractivity contribution in [3.63, 3.8) is 0 Å². The smallest absolute Gasteiger partial charge is 0.346 e. The second-order valence-corrected chi connectivity index (χ2v) is 5.04. The van der Waals surface area contributed by atoms with Gasteiger partial charge in [-0.05, 0) is 31.8 Å². The van der Waals surface area contributed by atoms with Gasteiger partial charge < -0.3 is 9.47 Å². The van der Waals surface area contributed by atoms with Crippen LogP contribution in [0.15, 0.2) is 11.8 Å². The Morgan fingerprint density at radius 2 is 1.74 bits per heavy atom. The zero-order chi connectivity index (χ0) is 14.5. The van der Waals surface area contributed by atoms with Gasteiger partial charge in [0, 0.05) is 0 Å². The van der Waals surface area contributed by atoms with Crippen LogP contribution >= 0.6 is 0 Å². The number of carbonyl (C=O) groups is 1. The van der Waals surface area contributed by atoms with Gasteiger partial charge in [0.2, 0.25) is 0 Å². The Hall–Kier alpha value is -0.990. The van der Waals surface area contributed by atoms with Gasteiger partial charge in [0.15, 0.2) is 6.10 Å². The second-order valence-electron chi connectivity index (χ2n) is 5.04. The van der Waals surface area contributed by atoms with Crippen LogP contribution in [-0.4, -0.2) is 19.2 Å². The molecule has 0 heterocycles. The van der Waals surface area contributed by atoms with Gasteiger partial charge in [0.05, 0.1) is 13.4 Å². The summed E-state index contributed by atoms with van der Waals surface area (Å²) in [6.45, 7) is 6.20. The summed E-state index contributed by atoms with van der Waals surface area (Å²) < 4.78 is 10.1. The fraction of sp³-hybridized carbons (Fsp3) is 0.812. The van der Waals surface area contributed by atoms with Gasteiger partial charge in [-0.25, -0.2) is 4.79 Å². The number of esters is 1. The SMILES string of the molecule is CCCCCCCCC(C)=COC(CC)C(=O)OC. The van der Waals surface area contributed by atoms with E-state index in [1.807, 2.05) is 6.92 Å². The average Bonchev–Trinajstić information content (AvgIpc) is 2.42. The first-order valence-electron chi connectivity index (χ1n) is 7.54. The minimum atomic E-state index is -0.468. The Labute approximate surface area is 118 Å². The molecule has 0 fully saturated rings. The van der Waals surface area contributed by atoms with Crippen molar-refractivity contribution in [1.82, 2.24) is 0 Å². The highest BCUT2D eigenvalue weighted by Crippen LogP contribution is 2.12. The molecule has 0 spiro atoms. The van der Waals surface area contributed by atoms with E-state index in [-0.39, 0.29) is 5.97 Å². The lowest BCUT2D eigenvalue weighted by Crippen LogP contribution is -2.22. The number of carbonyl (C=O) groups excluding carboxylic acids is 1. The van der Waals surface area contributed by atoms with E-state index >= 15 is 0 Å². The van der Waals surface area contributed by atoms with Gasteiger partial charge >= 0.3 is 5.97 Å². The van der Waals surface area contributed by atoms with Crippen LogP contribution in [0, 0.1) is 0 Å². The third-order valence-corrected chi connectivity index (χ3v) is 3.19. The number of hydrogen-bond acceptors (Lipinski definition) is 3. The van der Waals surface area contributed by atoms with Gasteiger partial charge in [0.1, 0.15) is 0 Å². The van der Waals surface area contributed by atoms with E-state index in [0.29, 0.717) is 6.42 Å². The van der Waals surface area contributed by atoms with Crippen LogP contribution in [0.2, 0.25) is 0 Å². The van der Waals surface area contributed by atoms with Crippen LogP contribution in [-0.2, 0) is 14.3 Å². The zero-order valence-corrected chi connectivity index (χ0v) is 13.0. The highest BCUT2D eigenvalue weighted by molar-refractivity contribution is 5.74. The summed E-state index contributed by atoms with van der Waals surface area (Å²) in [6, 6.07) is 0. The topological polar surface area (TPSA) is 35.5 Å². The quantitative estimate of drug-likeness (QED) is 0.312. The van der Waals surface area contributed by atoms with Gasteiger partial charge in [-0.1, -0.05) is 46.0 Å². The molecule has 1 unspecified atom stereocenters. The Morgan fingerprint density at radius 3 is 2.32 bits per heavy atom. The fourth-order valence-corrected chi connectivity index (χ4v) is 1.89. The van der Waals surface area contributed by atoms with E-state index in [1.54, 1.807) is 6.26 Å². The lowest BCUT2D eigenvalue weighted by Gasteiger charge is -2.12. The van der Waals surface area contributed by atoms with Gasteiger partial charge in [-0.2, -0.15) is 0 Å². The molecule has 0 radical (unpaired) electrons. The van der Waals surface area contributed by atoms with Crippen molar-refractivity contribution < 1.29 is 14.3 Å². The molecule has 0 rings (SSSR count). The maximum absolute atomic E-state index is 11.3. The summed E-state index contributed by atoms with van der Waals surface area (Å²) in [5.74, 6) is -0.300. The molecule has 0 aliphatic carbocycles. The van der Waals surface area contributed by atoms with E-state index in [2.05, 4.69) is 18.6 Å². The van der Waals surface area contributed by atoms with Crippen molar-refractivity contribution in [2.45, 2.75) is 78.2 Å². The molecule has 0 saturated heterocycles. The van der Waals surface area contributed by atoms with Crippen LogP contribution in [0.3, 0.4) is 0 Å². The molecule has 0 amide bonds. The standard InChI is InChI=1S/C16H30O3/c1-5-7-8-9-10-11-12-14(3)13-19-15(6-2)16(17)18-4/h13,15H,5-12H2,1-4H3. The molecule has 0 aromatic rings. The summed E-state index contributed by atoms with van der Waals surface area (Å²) >= 11 is 0. The summed E-state index contributed by atoms with van der Waals surface area (Å²) in [5.41, 5.74) is 1.19. The normalized spacial score (nSPS) is 13.2. The number of unbranched alkanes of at least 4 members (excludes halogenated alkanes) is 5. The van der Waals surface area contributed by atoms with Crippen LogP contribution < -0.4 is 0 Å². The molecule has 1 atom stereocenters. The molecule has 112 valence electrons. The average molecular weight is 270 g/mol. The first kappa shape index (κ1) is 18.0. The molecule has 0 aliphatic rings. The molecular formula is C16H30O3. The van der Waals surface area contributed by atoms with E-state index in [1.165, 1.54) is 51.2 Å². The van der Waals surface area contributed by atoms with Crippen molar-refractivity contribution in [2.24, 2.45) is 0 Å². The van der Waals surface area contributed by atoms with E-state index < -0.39 is 6.10 Å². The van der Waals surface area contributed by atoms with Crippen molar-refractivity contribution in [3.05, 3.63) is 11.8 Å². The lowest BCUT2D eigenvalue weighted by molar-refractivity contribution is -0.150. The van der Waals surface area contributed by atoms with Gasteiger partial charge in [0.25, 0.3) is 0 Å². The number of allylic oxidation sites excluding steroid dienone is 1. The van der Waals surface area contributed by atoms with Crippen molar-refractivity contribution in [3.8, 4) is 0 Å². The molecule has 3 nitrogen and oxygen atoms in total. The van der Waals surface area contributed by atoms with Crippen LogP contribution in [0.4, 0.5) is 0 Å². The number of rotatable bonds is 11. The monoisotopic (exact) mass is 270 g/mol. The molecule has 19 heavy (non-hydrogen) atoms. The Bertz CT molecular complexity index is 259. The minimum Gasteiger partial charge on any atom is -0.486 e. The summed E-state index contributed by atoms with van der Waals surface area (Å²) in [7, 11) is 1.39. The molecule has 0 aromatic carbocycles. The summed E-state index contributed by atoms with van der Waals surface area (Å²) in [5, 5.41) is 0. The molecule has 0 aromatic heterocycles. The number of hydrogen-bond donors (Lipinski definition) is 0. The predicted molar refractivity (Wildman–Crippen MR) is 78.9 cm³/mol. The first-order valence-corrected chi connectivity index (χ1v) is 7.54. The number of methoxy groups -OCH3 is 1. The second kappa shape index (κ2) is 12.1. The maximum atomic E-state index is 11.3. The molecule has 3 heteroatoms. The fourth-order valence-electron chi connectivity index (χ4n) is 1.89. The summed E-state index contributed by atoms with van der Waals surface area (Å²) in [6.07, 6.45) is 10.7. The molecule has 0 saturated carbocycles. The molecule has 0 bridgehead atoms. The van der Waals surface area contributed by atoms with Crippen molar-refractivity contribution in [1.29, 1.82) is 0 Å².